The maximum Gasteiger partial charge on any atom is 0.306 e. The summed E-state index contributed by atoms with van der Waals surface area (Å²) in [7, 11) is 0. The molecule has 0 saturated heterocycles. The van der Waals surface area contributed by atoms with Crippen molar-refractivity contribution in [1.82, 2.24) is 0 Å². The van der Waals surface area contributed by atoms with Crippen LogP contribution >= 0.6 is 0 Å². The Morgan fingerprint density at radius 2 is 0.494 bits per heavy atom. The molecule has 0 aliphatic carbocycles. The molecule has 0 aromatic rings. The molecule has 6 heteroatoms. The summed E-state index contributed by atoms with van der Waals surface area (Å²) in [5.74, 6) is -0.902. The van der Waals surface area contributed by atoms with Crippen molar-refractivity contribution in [3.8, 4) is 0 Å². The van der Waals surface area contributed by atoms with E-state index >= 15 is 0 Å². The molecular formula is C73H122O6. The fourth-order valence-corrected chi connectivity index (χ4v) is 9.02. The molecule has 0 heterocycles. The molecule has 1 atom stereocenters. The van der Waals surface area contributed by atoms with Crippen LogP contribution in [0.25, 0.3) is 0 Å². The summed E-state index contributed by atoms with van der Waals surface area (Å²) in [5, 5.41) is 0. The van der Waals surface area contributed by atoms with Gasteiger partial charge in [-0.25, -0.2) is 0 Å². The van der Waals surface area contributed by atoms with Crippen LogP contribution in [0.4, 0.5) is 0 Å². The minimum absolute atomic E-state index is 0.0828. The molecule has 0 N–H and O–H groups in total. The molecule has 0 amide bonds. The van der Waals surface area contributed by atoms with Crippen molar-refractivity contribution < 1.29 is 28.6 Å². The van der Waals surface area contributed by atoms with E-state index in [9.17, 15) is 14.4 Å². The van der Waals surface area contributed by atoms with Gasteiger partial charge in [-0.15, -0.1) is 0 Å². The maximum atomic E-state index is 12.8. The molecule has 0 aliphatic heterocycles. The van der Waals surface area contributed by atoms with E-state index in [2.05, 4.69) is 142 Å². The van der Waals surface area contributed by atoms with E-state index in [1.54, 1.807) is 0 Å². The van der Waals surface area contributed by atoms with E-state index in [0.717, 1.165) is 128 Å². The van der Waals surface area contributed by atoms with Crippen LogP contribution in [0.15, 0.2) is 122 Å². The zero-order valence-electron chi connectivity index (χ0n) is 51.6. The molecule has 1 unspecified atom stereocenters. The molecule has 6 nitrogen and oxygen atoms in total. The molecule has 0 aromatic carbocycles. The van der Waals surface area contributed by atoms with Gasteiger partial charge in [-0.2, -0.15) is 0 Å². The van der Waals surface area contributed by atoms with Gasteiger partial charge in [0.15, 0.2) is 6.10 Å². The number of hydrogen-bond donors (Lipinski definition) is 0. The second-order valence-corrected chi connectivity index (χ2v) is 21.6. The summed E-state index contributed by atoms with van der Waals surface area (Å²) in [6.45, 7) is 6.44. The monoisotopic (exact) mass is 1090 g/mol. The summed E-state index contributed by atoms with van der Waals surface area (Å²) >= 11 is 0. The lowest BCUT2D eigenvalue weighted by Crippen LogP contribution is -2.30. The van der Waals surface area contributed by atoms with Crippen molar-refractivity contribution >= 4 is 17.9 Å². The topological polar surface area (TPSA) is 78.9 Å². The largest absolute Gasteiger partial charge is 0.462 e. The average Bonchev–Trinajstić information content (AvgIpc) is 3.45. The zero-order chi connectivity index (χ0) is 57.1. The van der Waals surface area contributed by atoms with E-state index in [1.165, 1.54) is 135 Å². The van der Waals surface area contributed by atoms with E-state index in [1.807, 2.05) is 0 Å². The van der Waals surface area contributed by atoms with Gasteiger partial charge in [0.25, 0.3) is 0 Å². The fraction of sp³-hybridized carbons (Fsp3) is 0.685. The highest BCUT2D eigenvalue weighted by Gasteiger charge is 2.19. The number of ether oxygens (including phenoxy) is 3. The predicted octanol–water partition coefficient (Wildman–Crippen LogP) is 22.8. The first kappa shape index (κ1) is 74.8. The summed E-state index contributed by atoms with van der Waals surface area (Å²) in [4.78, 5) is 38.0. The van der Waals surface area contributed by atoms with Gasteiger partial charge >= 0.3 is 17.9 Å². The van der Waals surface area contributed by atoms with Crippen LogP contribution in [0.5, 0.6) is 0 Å². The number of carbonyl (C=O) groups is 3. The third kappa shape index (κ3) is 64.5. The highest BCUT2D eigenvalue weighted by molar-refractivity contribution is 5.71. The third-order valence-corrected chi connectivity index (χ3v) is 14.0. The van der Waals surface area contributed by atoms with Crippen LogP contribution in [-0.4, -0.2) is 37.2 Å². The first-order valence-corrected chi connectivity index (χ1v) is 33.0. The number of allylic oxidation sites excluding steroid dienone is 20. The molecule has 79 heavy (non-hydrogen) atoms. The number of hydrogen-bond acceptors (Lipinski definition) is 6. The number of esters is 3. The Hall–Kier alpha value is -4.19. The maximum absolute atomic E-state index is 12.8. The van der Waals surface area contributed by atoms with Gasteiger partial charge in [0.1, 0.15) is 13.2 Å². The number of rotatable bonds is 59. The van der Waals surface area contributed by atoms with E-state index < -0.39 is 6.10 Å². The first-order chi connectivity index (χ1) is 39.0. The smallest absolute Gasteiger partial charge is 0.306 e. The van der Waals surface area contributed by atoms with Crippen molar-refractivity contribution in [3.63, 3.8) is 0 Å². The van der Waals surface area contributed by atoms with Crippen LogP contribution in [0, 0.1) is 0 Å². The third-order valence-electron chi connectivity index (χ3n) is 14.0. The standard InChI is InChI=1S/C73H122O6/c1-4-7-10-13-15-17-19-21-23-25-27-29-31-32-33-34-35-36-37-38-39-40-42-43-45-47-49-51-53-55-57-60-63-66-72(75)78-69-70(68-77-71(74)65-62-59-12-9-6-3)79-73(76)67-64-61-58-56-54-52-50-48-46-44-41-30-28-26-24-22-20-18-16-14-11-8-5-2/h7,10,15,17,20-23,26-29,32-33,35-36,38-39,41,44,70H,4-6,8-9,11-14,16,18-19,24-25,30-31,34,37,40,42-43,45-69H2,1-3H3/b10-7-,17-15-,22-20-,23-21-,28-26-,29-27-,33-32-,36-35-,39-38-,44-41-. The van der Waals surface area contributed by atoms with Crippen LogP contribution in [0.3, 0.4) is 0 Å². The van der Waals surface area contributed by atoms with Crippen molar-refractivity contribution in [1.29, 1.82) is 0 Å². The molecule has 0 fully saturated rings. The number of unbranched alkanes of at least 4 members (excludes halogenated alkanes) is 28. The Morgan fingerprint density at radius 1 is 0.266 bits per heavy atom. The van der Waals surface area contributed by atoms with E-state index in [4.69, 9.17) is 14.2 Å². The van der Waals surface area contributed by atoms with Crippen molar-refractivity contribution in [2.24, 2.45) is 0 Å². The number of carbonyl (C=O) groups excluding carboxylic acids is 3. The zero-order valence-corrected chi connectivity index (χ0v) is 51.6. The Morgan fingerprint density at radius 3 is 0.772 bits per heavy atom. The van der Waals surface area contributed by atoms with E-state index in [-0.39, 0.29) is 31.1 Å². The van der Waals surface area contributed by atoms with Crippen molar-refractivity contribution in [2.45, 2.75) is 309 Å². The van der Waals surface area contributed by atoms with Gasteiger partial charge in [-0.05, 0) is 116 Å². The molecule has 0 saturated carbocycles. The summed E-state index contributed by atoms with van der Waals surface area (Å²) < 4.78 is 16.8. The highest BCUT2D eigenvalue weighted by Crippen LogP contribution is 2.16. The quantitative estimate of drug-likeness (QED) is 0.0261. The molecule has 450 valence electrons. The van der Waals surface area contributed by atoms with Crippen molar-refractivity contribution in [3.05, 3.63) is 122 Å². The lowest BCUT2D eigenvalue weighted by Gasteiger charge is -2.18. The normalized spacial score (nSPS) is 12.9. The first-order valence-electron chi connectivity index (χ1n) is 33.0. The van der Waals surface area contributed by atoms with Crippen molar-refractivity contribution in [2.75, 3.05) is 13.2 Å². The molecule has 0 spiro atoms. The summed E-state index contributed by atoms with van der Waals surface area (Å²) in [5.41, 5.74) is 0. The van der Waals surface area contributed by atoms with Crippen LogP contribution in [0.1, 0.15) is 303 Å². The van der Waals surface area contributed by atoms with Crippen LogP contribution in [0.2, 0.25) is 0 Å². The van der Waals surface area contributed by atoms with Gasteiger partial charge in [-0.3, -0.25) is 14.4 Å². The molecule has 0 aromatic heterocycles. The minimum atomic E-state index is -0.782. The lowest BCUT2D eigenvalue weighted by atomic mass is 10.0. The van der Waals surface area contributed by atoms with Gasteiger partial charge in [0, 0.05) is 19.3 Å². The predicted molar refractivity (Wildman–Crippen MR) is 343 cm³/mol. The second-order valence-electron chi connectivity index (χ2n) is 21.6. The van der Waals surface area contributed by atoms with Crippen LogP contribution in [-0.2, 0) is 28.6 Å². The SMILES string of the molecule is CC/C=C\C/C=C\C/C=C\C/C=C\C/C=C\C/C=C\C/C=C\CCCCCCCCCCCCCC(=O)OCC(COC(=O)CCCCCCC)OC(=O)CCCCCCCCCC/C=C\C/C=C\C/C=C\CCCCCCC. The molecule has 0 rings (SSSR count). The Kier molecular flexibility index (Phi) is 62.8. The van der Waals surface area contributed by atoms with Crippen LogP contribution < -0.4 is 0 Å². The Bertz CT molecular complexity index is 1640. The second kappa shape index (κ2) is 66.3. The summed E-state index contributed by atoms with van der Waals surface area (Å²) in [6, 6.07) is 0. The van der Waals surface area contributed by atoms with E-state index in [0.29, 0.717) is 19.3 Å². The highest BCUT2D eigenvalue weighted by atomic mass is 16.6. The molecular weight excluding hydrogens is 973 g/mol. The summed E-state index contributed by atoms with van der Waals surface area (Å²) in [6.07, 6.45) is 92.6. The minimum Gasteiger partial charge on any atom is -0.462 e. The van der Waals surface area contributed by atoms with Gasteiger partial charge in [0.05, 0.1) is 0 Å². The Labute approximate surface area is 488 Å². The molecule has 0 aliphatic rings. The average molecular weight is 1100 g/mol. The van der Waals surface area contributed by atoms with Gasteiger partial charge in [0.2, 0.25) is 0 Å². The fourth-order valence-electron chi connectivity index (χ4n) is 9.02. The lowest BCUT2D eigenvalue weighted by molar-refractivity contribution is -0.167. The van der Waals surface area contributed by atoms with Gasteiger partial charge in [-0.1, -0.05) is 290 Å². The molecule has 0 radical (unpaired) electrons. The Balaban J connectivity index is 4.05. The molecule has 0 bridgehead atoms. The van der Waals surface area contributed by atoms with Gasteiger partial charge < -0.3 is 14.2 Å².